The number of rotatable bonds is 4. The van der Waals surface area contributed by atoms with Gasteiger partial charge in [-0.15, -0.1) is 11.8 Å². The molecule has 98 valence electrons. The van der Waals surface area contributed by atoms with Crippen molar-refractivity contribution in [2.24, 2.45) is 5.73 Å². The van der Waals surface area contributed by atoms with Crippen molar-refractivity contribution in [3.05, 3.63) is 29.8 Å². The molecule has 1 nitrogen and oxygen atoms in total. The maximum absolute atomic E-state index is 6.09. The molecule has 0 atom stereocenters. The van der Waals surface area contributed by atoms with E-state index in [0.29, 0.717) is 0 Å². The Morgan fingerprint density at radius 2 is 1.72 bits per heavy atom. The van der Waals surface area contributed by atoms with Crippen LogP contribution in [0.25, 0.3) is 0 Å². The van der Waals surface area contributed by atoms with E-state index in [2.05, 4.69) is 24.3 Å². The van der Waals surface area contributed by atoms with Crippen molar-refractivity contribution in [1.29, 1.82) is 0 Å². The predicted molar refractivity (Wildman–Crippen MR) is 79.1 cm³/mol. The fourth-order valence-electron chi connectivity index (χ4n) is 3.10. The van der Waals surface area contributed by atoms with Crippen molar-refractivity contribution in [3.63, 3.8) is 0 Å². The summed E-state index contributed by atoms with van der Waals surface area (Å²) in [4.78, 5) is 1.43. The van der Waals surface area contributed by atoms with Gasteiger partial charge >= 0.3 is 0 Å². The Balaban J connectivity index is 1.76. The molecule has 0 amide bonds. The molecule has 18 heavy (non-hydrogen) atoms. The second kappa shape index (κ2) is 5.26. The van der Waals surface area contributed by atoms with Crippen molar-refractivity contribution >= 4 is 11.8 Å². The summed E-state index contributed by atoms with van der Waals surface area (Å²) >= 11 is 2.04. The van der Waals surface area contributed by atoms with Crippen LogP contribution < -0.4 is 5.73 Å². The van der Waals surface area contributed by atoms with Gasteiger partial charge in [-0.1, -0.05) is 31.4 Å². The van der Waals surface area contributed by atoms with E-state index in [1.165, 1.54) is 55.4 Å². The highest BCUT2D eigenvalue weighted by molar-refractivity contribution is 8.00. The monoisotopic (exact) mass is 261 g/mol. The van der Waals surface area contributed by atoms with Gasteiger partial charge in [-0.3, -0.25) is 0 Å². The van der Waals surface area contributed by atoms with Crippen LogP contribution >= 0.6 is 11.8 Å². The third-order valence-corrected chi connectivity index (χ3v) is 5.84. The number of nitrogens with two attached hydrogens (primary N) is 1. The van der Waals surface area contributed by atoms with Crippen LogP contribution in [0.2, 0.25) is 0 Å². The zero-order valence-corrected chi connectivity index (χ0v) is 11.8. The molecular weight excluding hydrogens is 238 g/mol. The summed E-state index contributed by atoms with van der Waals surface area (Å²) in [5.74, 6) is 0. The lowest BCUT2D eigenvalue weighted by Gasteiger charge is -2.37. The van der Waals surface area contributed by atoms with Gasteiger partial charge in [0.2, 0.25) is 0 Å². The Bertz CT molecular complexity index is 388. The second-order valence-electron chi connectivity index (χ2n) is 5.89. The van der Waals surface area contributed by atoms with Crippen molar-refractivity contribution in [1.82, 2.24) is 0 Å². The van der Waals surface area contributed by atoms with Gasteiger partial charge in [0.25, 0.3) is 0 Å². The molecule has 3 rings (SSSR count). The molecule has 0 aliphatic heterocycles. The molecule has 1 aromatic rings. The highest BCUT2D eigenvalue weighted by Crippen LogP contribution is 2.41. The molecule has 2 saturated carbocycles. The van der Waals surface area contributed by atoms with Crippen LogP contribution in [0.3, 0.4) is 0 Å². The van der Waals surface area contributed by atoms with E-state index in [1.54, 1.807) is 0 Å². The molecule has 0 saturated heterocycles. The van der Waals surface area contributed by atoms with E-state index < -0.39 is 0 Å². The fourth-order valence-corrected chi connectivity index (χ4v) is 4.15. The zero-order valence-electron chi connectivity index (χ0n) is 11.0. The minimum absolute atomic E-state index is 0.279. The Kier molecular flexibility index (Phi) is 3.67. The summed E-state index contributed by atoms with van der Waals surface area (Å²) in [6.45, 7) is 0.808. The maximum atomic E-state index is 6.09. The first kappa shape index (κ1) is 12.6. The van der Waals surface area contributed by atoms with Gasteiger partial charge in [0.1, 0.15) is 0 Å². The van der Waals surface area contributed by atoms with Gasteiger partial charge in [-0.05, 0) is 43.4 Å². The SMILES string of the molecule is NCC1(c2ccc(SC3CC3)cc2)CCCCC1. The van der Waals surface area contributed by atoms with Crippen LogP contribution in [0.1, 0.15) is 50.5 Å². The second-order valence-corrected chi connectivity index (χ2v) is 7.26. The Labute approximate surface area is 115 Å². The molecule has 0 spiro atoms. The summed E-state index contributed by atoms with van der Waals surface area (Å²) in [5.41, 5.74) is 7.85. The lowest BCUT2D eigenvalue weighted by atomic mass is 9.69. The van der Waals surface area contributed by atoms with E-state index in [1.807, 2.05) is 11.8 Å². The molecule has 2 N–H and O–H groups in total. The van der Waals surface area contributed by atoms with Crippen LogP contribution in [0.15, 0.2) is 29.2 Å². The van der Waals surface area contributed by atoms with Crippen molar-refractivity contribution in [2.75, 3.05) is 6.54 Å². The molecule has 0 bridgehead atoms. The molecule has 0 radical (unpaired) electrons. The summed E-state index contributed by atoms with van der Waals surface area (Å²) in [6, 6.07) is 9.29. The van der Waals surface area contributed by atoms with Gasteiger partial charge in [0, 0.05) is 22.1 Å². The molecule has 0 heterocycles. The molecule has 2 aliphatic carbocycles. The third-order valence-electron chi connectivity index (χ3n) is 4.50. The average Bonchev–Trinajstić information content (AvgIpc) is 3.24. The molecule has 0 unspecified atom stereocenters. The zero-order chi connectivity index (χ0) is 12.4. The van der Waals surface area contributed by atoms with E-state index in [4.69, 9.17) is 5.73 Å². The number of hydrogen-bond donors (Lipinski definition) is 1. The van der Waals surface area contributed by atoms with Gasteiger partial charge in [-0.25, -0.2) is 0 Å². The Hall–Kier alpha value is -0.470. The summed E-state index contributed by atoms with van der Waals surface area (Å²) in [7, 11) is 0. The quantitative estimate of drug-likeness (QED) is 0.883. The van der Waals surface area contributed by atoms with E-state index in [9.17, 15) is 0 Å². The first-order valence-corrected chi connectivity index (χ1v) is 8.18. The van der Waals surface area contributed by atoms with Crippen LogP contribution in [-0.4, -0.2) is 11.8 Å². The molecule has 2 fully saturated rings. The smallest absolute Gasteiger partial charge is 0.00952 e. The Morgan fingerprint density at radius 3 is 2.28 bits per heavy atom. The third kappa shape index (κ3) is 2.60. The molecule has 2 aliphatic rings. The highest BCUT2D eigenvalue weighted by Gasteiger charge is 2.32. The van der Waals surface area contributed by atoms with Crippen LogP contribution in [0.4, 0.5) is 0 Å². The van der Waals surface area contributed by atoms with Gasteiger partial charge in [0.05, 0.1) is 0 Å². The first-order chi connectivity index (χ1) is 8.82. The molecule has 2 heteroatoms. The molecule has 0 aromatic heterocycles. The fraction of sp³-hybridized carbons (Fsp3) is 0.625. The van der Waals surface area contributed by atoms with Crippen LogP contribution in [0.5, 0.6) is 0 Å². The van der Waals surface area contributed by atoms with Gasteiger partial charge in [0.15, 0.2) is 0 Å². The highest BCUT2D eigenvalue weighted by atomic mass is 32.2. The topological polar surface area (TPSA) is 26.0 Å². The lowest BCUT2D eigenvalue weighted by molar-refractivity contribution is 0.300. The van der Waals surface area contributed by atoms with Crippen LogP contribution in [0, 0.1) is 0 Å². The van der Waals surface area contributed by atoms with E-state index in [0.717, 1.165) is 11.8 Å². The van der Waals surface area contributed by atoms with Crippen LogP contribution in [-0.2, 0) is 5.41 Å². The molecular formula is C16H23NS. The van der Waals surface area contributed by atoms with Gasteiger partial charge in [-0.2, -0.15) is 0 Å². The summed E-state index contributed by atoms with van der Waals surface area (Å²) in [6.07, 6.45) is 9.43. The van der Waals surface area contributed by atoms with E-state index >= 15 is 0 Å². The number of hydrogen-bond acceptors (Lipinski definition) is 2. The van der Waals surface area contributed by atoms with Crippen molar-refractivity contribution < 1.29 is 0 Å². The maximum Gasteiger partial charge on any atom is 0.00952 e. The van der Waals surface area contributed by atoms with Crippen molar-refractivity contribution in [2.45, 2.75) is 60.5 Å². The number of benzene rings is 1. The van der Waals surface area contributed by atoms with Gasteiger partial charge < -0.3 is 5.73 Å². The summed E-state index contributed by atoms with van der Waals surface area (Å²) in [5, 5.41) is 0.897. The predicted octanol–water partition coefficient (Wildman–Crippen LogP) is 4.10. The average molecular weight is 261 g/mol. The lowest BCUT2D eigenvalue weighted by Crippen LogP contribution is -2.37. The number of thioether (sulfide) groups is 1. The Morgan fingerprint density at radius 1 is 1.06 bits per heavy atom. The standard InChI is InChI=1S/C16H23NS/c17-12-16(10-2-1-3-11-16)13-4-6-14(7-5-13)18-15-8-9-15/h4-7,15H,1-3,8-12,17H2. The largest absolute Gasteiger partial charge is 0.330 e. The first-order valence-electron chi connectivity index (χ1n) is 7.30. The minimum Gasteiger partial charge on any atom is -0.330 e. The normalized spacial score (nSPS) is 22.9. The molecule has 1 aromatic carbocycles. The minimum atomic E-state index is 0.279. The van der Waals surface area contributed by atoms with Crippen molar-refractivity contribution in [3.8, 4) is 0 Å². The summed E-state index contributed by atoms with van der Waals surface area (Å²) < 4.78 is 0. The van der Waals surface area contributed by atoms with E-state index in [-0.39, 0.29) is 5.41 Å².